The molecule has 2 aliphatic heterocycles. The summed E-state index contributed by atoms with van der Waals surface area (Å²) >= 11 is 0. The molecule has 0 unspecified atom stereocenters. The normalized spacial score (nSPS) is 19.6. The monoisotopic (exact) mass is 358 g/mol. The number of hydrogen-bond acceptors (Lipinski definition) is 5. The fraction of sp³-hybridized carbons (Fsp3) is 0.500. The number of piperidine rings is 1. The third-order valence-corrected chi connectivity index (χ3v) is 5.19. The Labute approximate surface area is 154 Å². The number of esters is 1. The van der Waals surface area contributed by atoms with E-state index in [9.17, 15) is 9.59 Å². The van der Waals surface area contributed by atoms with Crippen molar-refractivity contribution in [3.05, 3.63) is 35.4 Å². The third kappa shape index (κ3) is 3.46. The van der Waals surface area contributed by atoms with Crippen LogP contribution in [0.4, 0.5) is 5.69 Å². The molecule has 0 radical (unpaired) electrons. The quantitative estimate of drug-likeness (QED) is 0.820. The van der Waals surface area contributed by atoms with Crippen molar-refractivity contribution in [1.82, 2.24) is 4.90 Å². The molecule has 6 heteroatoms. The van der Waals surface area contributed by atoms with Gasteiger partial charge in [-0.05, 0) is 44.7 Å². The number of rotatable bonds is 5. The SMILES string of the molecule is CCOc1ccc(NC(=O)C2=C(C)C(=O)OC23CCN(CC)CC3)cc1. The van der Waals surface area contributed by atoms with Crippen LogP contribution in [0.1, 0.15) is 33.6 Å². The van der Waals surface area contributed by atoms with Gasteiger partial charge in [-0.1, -0.05) is 6.92 Å². The molecule has 0 aliphatic carbocycles. The highest BCUT2D eigenvalue weighted by Crippen LogP contribution is 2.41. The maximum absolute atomic E-state index is 13.0. The van der Waals surface area contributed by atoms with Crippen molar-refractivity contribution in [3.63, 3.8) is 0 Å². The number of amides is 1. The Bertz CT molecular complexity index is 716. The highest BCUT2D eigenvalue weighted by atomic mass is 16.6. The second kappa shape index (κ2) is 7.50. The summed E-state index contributed by atoms with van der Waals surface area (Å²) in [5.74, 6) is 0.109. The van der Waals surface area contributed by atoms with E-state index < -0.39 is 5.60 Å². The van der Waals surface area contributed by atoms with Gasteiger partial charge in [-0.2, -0.15) is 0 Å². The lowest BCUT2D eigenvalue weighted by Crippen LogP contribution is -2.47. The summed E-state index contributed by atoms with van der Waals surface area (Å²) in [7, 11) is 0. The van der Waals surface area contributed by atoms with Crippen LogP contribution >= 0.6 is 0 Å². The van der Waals surface area contributed by atoms with Gasteiger partial charge in [0.1, 0.15) is 11.4 Å². The van der Waals surface area contributed by atoms with Crippen molar-refractivity contribution >= 4 is 17.6 Å². The van der Waals surface area contributed by atoms with Gasteiger partial charge in [0, 0.05) is 37.2 Å². The molecule has 1 N–H and O–H groups in total. The van der Waals surface area contributed by atoms with Crippen LogP contribution < -0.4 is 10.1 Å². The van der Waals surface area contributed by atoms with Gasteiger partial charge in [0.2, 0.25) is 0 Å². The van der Waals surface area contributed by atoms with Gasteiger partial charge >= 0.3 is 5.97 Å². The number of carbonyl (C=O) groups excluding carboxylic acids is 2. The lowest BCUT2D eigenvalue weighted by molar-refractivity contribution is -0.150. The van der Waals surface area contributed by atoms with Crippen molar-refractivity contribution < 1.29 is 19.1 Å². The molecule has 2 heterocycles. The summed E-state index contributed by atoms with van der Waals surface area (Å²) in [6, 6.07) is 7.21. The highest BCUT2D eigenvalue weighted by molar-refractivity contribution is 6.12. The van der Waals surface area contributed by atoms with E-state index in [4.69, 9.17) is 9.47 Å². The van der Waals surface area contributed by atoms with Crippen molar-refractivity contribution in [2.24, 2.45) is 0 Å². The molecule has 1 spiro atoms. The fourth-order valence-electron chi connectivity index (χ4n) is 3.70. The Balaban J connectivity index is 1.78. The van der Waals surface area contributed by atoms with E-state index in [-0.39, 0.29) is 11.9 Å². The molecule has 26 heavy (non-hydrogen) atoms. The second-order valence-corrected chi connectivity index (χ2v) is 6.73. The van der Waals surface area contributed by atoms with Crippen molar-refractivity contribution in [2.75, 3.05) is 31.6 Å². The molecule has 1 saturated heterocycles. The van der Waals surface area contributed by atoms with E-state index >= 15 is 0 Å². The lowest BCUT2D eigenvalue weighted by atomic mass is 9.82. The standard InChI is InChI=1S/C20H26N2O4/c1-4-22-12-10-20(11-13-22)17(14(3)19(24)26-20)18(23)21-15-6-8-16(9-7-15)25-5-2/h6-9H,4-5,10-13H2,1-3H3,(H,21,23). The van der Waals surface area contributed by atoms with Crippen LogP contribution in [0, 0.1) is 0 Å². The number of anilines is 1. The van der Waals surface area contributed by atoms with Crippen LogP contribution in [-0.4, -0.2) is 48.6 Å². The van der Waals surface area contributed by atoms with Gasteiger partial charge in [-0.15, -0.1) is 0 Å². The first-order chi connectivity index (χ1) is 12.5. The zero-order valence-corrected chi connectivity index (χ0v) is 15.6. The minimum Gasteiger partial charge on any atom is -0.494 e. The van der Waals surface area contributed by atoms with Gasteiger partial charge < -0.3 is 19.7 Å². The van der Waals surface area contributed by atoms with Crippen LogP contribution in [0.15, 0.2) is 35.4 Å². The molecular formula is C20H26N2O4. The van der Waals surface area contributed by atoms with Crippen molar-refractivity contribution in [3.8, 4) is 5.75 Å². The van der Waals surface area contributed by atoms with Crippen LogP contribution in [-0.2, 0) is 14.3 Å². The van der Waals surface area contributed by atoms with Crippen LogP contribution in [0.3, 0.4) is 0 Å². The predicted molar refractivity (Wildman–Crippen MR) is 99.1 cm³/mol. The maximum atomic E-state index is 13.0. The summed E-state index contributed by atoms with van der Waals surface area (Å²) in [5.41, 5.74) is 0.770. The Morgan fingerprint density at radius 2 is 1.88 bits per heavy atom. The van der Waals surface area contributed by atoms with Crippen LogP contribution in [0.2, 0.25) is 0 Å². The van der Waals surface area contributed by atoms with Crippen LogP contribution in [0.25, 0.3) is 0 Å². The molecule has 3 rings (SSSR count). The average molecular weight is 358 g/mol. The second-order valence-electron chi connectivity index (χ2n) is 6.73. The number of likely N-dealkylation sites (tertiary alicyclic amines) is 1. The van der Waals surface area contributed by atoms with E-state index in [0.29, 0.717) is 36.3 Å². The molecule has 0 aromatic heterocycles. The molecule has 2 aliphatic rings. The van der Waals surface area contributed by atoms with E-state index in [0.717, 1.165) is 25.4 Å². The third-order valence-electron chi connectivity index (χ3n) is 5.19. The van der Waals surface area contributed by atoms with Crippen molar-refractivity contribution in [1.29, 1.82) is 0 Å². The summed E-state index contributed by atoms with van der Waals surface area (Å²) in [4.78, 5) is 27.5. The number of benzene rings is 1. The minimum atomic E-state index is -0.790. The summed E-state index contributed by atoms with van der Waals surface area (Å²) in [6.45, 7) is 8.89. The van der Waals surface area contributed by atoms with Gasteiger partial charge in [0.25, 0.3) is 5.91 Å². The van der Waals surface area contributed by atoms with Gasteiger partial charge in [-0.25, -0.2) is 4.79 Å². The molecule has 1 fully saturated rings. The first-order valence-electron chi connectivity index (χ1n) is 9.20. The number of hydrogen-bond donors (Lipinski definition) is 1. The molecule has 1 aromatic carbocycles. The van der Waals surface area contributed by atoms with Gasteiger partial charge in [0.15, 0.2) is 0 Å². The average Bonchev–Trinajstić information content (AvgIpc) is 2.88. The Morgan fingerprint density at radius 1 is 1.23 bits per heavy atom. The number of carbonyl (C=O) groups is 2. The van der Waals surface area contributed by atoms with Gasteiger partial charge in [-0.3, -0.25) is 4.79 Å². The predicted octanol–water partition coefficient (Wildman–Crippen LogP) is 2.75. The number of ether oxygens (including phenoxy) is 2. The summed E-state index contributed by atoms with van der Waals surface area (Å²) < 4.78 is 11.1. The summed E-state index contributed by atoms with van der Waals surface area (Å²) in [6.07, 6.45) is 1.30. The molecule has 0 bridgehead atoms. The number of nitrogens with one attached hydrogen (secondary N) is 1. The molecule has 1 amide bonds. The Hall–Kier alpha value is -2.34. The zero-order valence-electron chi connectivity index (χ0n) is 15.6. The van der Waals surface area contributed by atoms with E-state index in [2.05, 4.69) is 17.1 Å². The maximum Gasteiger partial charge on any atom is 0.335 e. The molecule has 0 atom stereocenters. The molecule has 140 valence electrons. The van der Waals surface area contributed by atoms with Gasteiger partial charge in [0.05, 0.1) is 12.2 Å². The van der Waals surface area contributed by atoms with E-state index in [1.165, 1.54) is 0 Å². The van der Waals surface area contributed by atoms with E-state index in [1.54, 1.807) is 19.1 Å². The molecule has 0 saturated carbocycles. The topological polar surface area (TPSA) is 67.9 Å². The zero-order chi connectivity index (χ0) is 18.7. The van der Waals surface area contributed by atoms with E-state index in [1.807, 2.05) is 19.1 Å². The highest BCUT2D eigenvalue weighted by Gasteiger charge is 2.50. The Morgan fingerprint density at radius 3 is 2.46 bits per heavy atom. The first kappa shape index (κ1) is 18.5. The largest absolute Gasteiger partial charge is 0.494 e. The first-order valence-corrected chi connectivity index (χ1v) is 9.20. The fourth-order valence-corrected chi connectivity index (χ4v) is 3.70. The van der Waals surface area contributed by atoms with Crippen LogP contribution in [0.5, 0.6) is 5.75 Å². The smallest absolute Gasteiger partial charge is 0.335 e. The Kier molecular flexibility index (Phi) is 5.32. The lowest BCUT2D eigenvalue weighted by Gasteiger charge is -2.38. The number of nitrogens with zero attached hydrogens (tertiary/aromatic N) is 1. The van der Waals surface area contributed by atoms with Crippen molar-refractivity contribution in [2.45, 2.75) is 39.2 Å². The molecule has 1 aromatic rings. The summed E-state index contributed by atoms with van der Waals surface area (Å²) in [5, 5.41) is 2.90. The molecule has 6 nitrogen and oxygen atoms in total. The minimum absolute atomic E-state index is 0.262. The molecular weight excluding hydrogens is 332 g/mol.